The second-order valence-corrected chi connectivity index (χ2v) is 3.25. The van der Waals surface area contributed by atoms with Gasteiger partial charge in [-0.25, -0.2) is 4.79 Å². The largest absolute Gasteiger partial charge is 0.327 e. The van der Waals surface area contributed by atoms with Gasteiger partial charge in [0.15, 0.2) is 5.54 Å². The van der Waals surface area contributed by atoms with E-state index in [-0.39, 0.29) is 6.54 Å². The molecule has 1 saturated heterocycles. The van der Waals surface area contributed by atoms with Crippen LogP contribution in [-0.4, -0.2) is 23.5 Å². The van der Waals surface area contributed by atoms with Gasteiger partial charge in [0.25, 0.3) is 5.91 Å². The van der Waals surface area contributed by atoms with E-state index in [1.807, 2.05) is 0 Å². The molecule has 1 aliphatic rings. The third-order valence-electron chi connectivity index (χ3n) is 2.42. The normalized spacial score (nSPS) is 24.9. The number of pyridine rings is 1. The van der Waals surface area contributed by atoms with Crippen LogP contribution in [0.15, 0.2) is 24.5 Å². The lowest BCUT2D eigenvalue weighted by atomic mass is 9.91. The maximum atomic E-state index is 11.6. The van der Waals surface area contributed by atoms with E-state index in [1.54, 1.807) is 24.5 Å². The highest BCUT2D eigenvalue weighted by Gasteiger charge is 2.46. The third kappa shape index (κ3) is 1.35. The molecule has 2 rings (SSSR count). The highest BCUT2D eigenvalue weighted by atomic mass is 16.2. The van der Waals surface area contributed by atoms with Crippen molar-refractivity contribution >= 4 is 11.9 Å². The molecule has 6 nitrogen and oxygen atoms in total. The molecule has 2 heterocycles. The Morgan fingerprint density at radius 3 is 2.47 bits per heavy atom. The van der Waals surface area contributed by atoms with Gasteiger partial charge in [-0.15, -0.1) is 0 Å². The lowest BCUT2D eigenvalue weighted by molar-refractivity contribution is -0.123. The number of hydrogen-bond donors (Lipinski definition) is 3. The maximum Gasteiger partial charge on any atom is 0.322 e. The molecule has 1 aromatic rings. The van der Waals surface area contributed by atoms with Crippen LogP contribution in [0, 0.1) is 0 Å². The van der Waals surface area contributed by atoms with Crippen molar-refractivity contribution in [2.24, 2.45) is 5.73 Å². The molecule has 1 fully saturated rings. The van der Waals surface area contributed by atoms with Crippen LogP contribution in [0.25, 0.3) is 0 Å². The maximum absolute atomic E-state index is 11.6. The molecule has 4 N–H and O–H groups in total. The highest BCUT2D eigenvalue weighted by Crippen LogP contribution is 2.22. The molecular formula is C9H10N4O2. The van der Waals surface area contributed by atoms with Crippen molar-refractivity contribution in [2.75, 3.05) is 6.54 Å². The fourth-order valence-electron chi connectivity index (χ4n) is 1.59. The number of carbonyl (C=O) groups is 2. The Balaban J connectivity index is 2.47. The van der Waals surface area contributed by atoms with Gasteiger partial charge in [-0.3, -0.25) is 15.1 Å². The molecule has 0 spiro atoms. The predicted molar refractivity (Wildman–Crippen MR) is 51.6 cm³/mol. The summed E-state index contributed by atoms with van der Waals surface area (Å²) in [6.07, 6.45) is 3.09. The van der Waals surface area contributed by atoms with Crippen molar-refractivity contribution in [1.82, 2.24) is 15.6 Å². The zero-order valence-corrected chi connectivity index (χ0v) is 7.86. The van der Waals surface area contributed by atoms with E-state index in [0.717, 1.165) is 0 Å². The number of nitrogens with two attached hydrogens (primary N) is 1. The average Bonchev–Trinajstić information content (AvgIpc) is 2.56. The standard InChI is InChI=1S/C9H10N4O2/c10-5-9(6-1-3-11-4-2-6)7(14)12-8(15)13-9/h1-4H,5,10H2,(H2,12,13,14,15)/t9-/m0/s1. The Morgan fingerprint density at radius 1 is 1.33 bits per heavy atom. The number of rotatable bonds is 2. The molecule has 0 aromatic carbocycles. The number of hydrogen-bond acceptors (Lipinski definition) is 4. The molecule has 3 amide bonds. The van der Waals surface area contributed by atoms with Gasteiger partial charge in [-0.1, -0.05) is 0 Å². The summed E-state index contributed by atoms with van der Waals surface area (Å²) < 4.78 is 0. The van der Waals surface area contributed by atoms with Crippen LogP contribution in [-0.2, 0) is 10.3 Å². The molecule has 0 bridgehead atoms. The summed E-state index contributed by atoms with van der Waals surface area (Å²) in [6, 6.07) is 2.78. The van der Waals surface area contributed by atoms with Crippen molar-refractivity contribution in [3.8, 4) is 0 Å². The summed E-state index contributed by atoms with van der Waals surface area (Å²) in [5.41, 5.74) is 5.03. The molecule has 0 unspecified atom stereocenters. The number of aromatic nitrogens is 1. The summed E-state index contributed by atoms with van der Waals surface area (Å²) >= 11 is 0. The summed E-state index contributed by atoms with van der Waals surface area (Å²) in [4.78, 5) is 26.6. The minimum Gasteiger partial charge on any atom is -0.327 e. The van der Waals surface area contributed by atoms with E-state index in [0.29, 0.717) is 5.56 Å². The van der Waals surface area contributed by atoms with Gasteiger partial charge < -0.3 is 11.1 Å². The average molecular weight is 206 g/mol. The first kappa shape index (κ1) is 9.60. The minimum atomic E-state index is -1.15. The Labute approximate surface area is 85.9 Å². The fraction of sp³-hybridized carbons (Fsp3) is 0.222. The third-order valence-corrected chi connectivity index (χ3v) is 2.42. The molecule has 0 radical (unpaired) electrons. The van der Waals surface area contributed by atoms with E-state index in [2.05, 4.69) is 15.6 Å². The predicted octanol–water partition coefficient (Wildman–Crippen LogP) is -0.925. The molecule has 78 valence electrons. The number of imide groups is 1. The summed E-state index contributed by atoms with van der Waals surface area (Å²) in [5.74, 6) is -0.429. The van der Waals surface area contributed by atoms with Gasteiger partial charge in [-0.05, 0) is 17.7 Å². The highest BCUT2D eigenvalue weighted by molar-refractivity contribution is 6.07. The van der Waals surface area contributed by atoms with Crippen LogP contribution in [0.1, 0.15) is 5.56 Å². The number of nitrogens with one attached hydrogen (secondary N) is 2. The van der Waals surface area contributed by atoms with E-state index >= 15 is 0 Å². The van der Waals surface area contributed by atoms with E-state index in [4.69, 9.17) is 5.73 Å². The minimum absolute atomic E-state index is 0.00852. The van der Waals surface area contributed by atoms with Gasteiger partial charge in [0.1, 0.15) is 0 Å². The summed E-state index contributed by atoms with van der Waals surface area (Å²) in [6.45, 7) is 0.00852. The lowest BCUT2D eigenvalue weighted by Gasteiger charge is -2.24. The van der Waals surface area contributed by atoms with Crippen molar-refractivity contribution in [3.05, 3.63) is 30.1 Å². The fourth-order valence-corrected chi connectivity index (χ4v) is 1.59. The van der Waals surface area contributed by atoms with Crippen molar-refractivity contribution in [3.63, 3.8) is 0 Å². The van der Waals surface area contributed by atoms with Crippen LogP contribution in [0.4, 0.5) is 4.79 Å². The molecule has 1 aliphatic heterocycles. The van der Waals surface area contributed by atoms with Crippen molar-refractivity contribution < 1.29 is 9.59 Å². The van der Waals surface area contributed by atoms with Crippen LogP contribution < -0.4 is 16.4 Å². The molecule has 1 aromatic heterocycles. The van der Waals surface area contributed by atoms with Crippen LogP contribution in [0.3, 0.4) is 0 Å². The van der Waals surface area contributed by atoms with Gasteiger partial charge in [0, 0.05) is 18.9 Å². The van der Waals surface area contributed by atoms with Crippen LogP contribution >= 0.6 is 0 Å². The molecular weight excluding hydrogens is 196 g/mol. The van der Waals surface area contributed by atoms with Gasteiger partial charge >= 0.3 is 6.03 Å². The number of carbonyl (C=O) groups excluding carboxylic acids is 2. The van der Waals surface area contributed by atoms with Crippen LogP contribution in [0.2, 0.25) is 0 Å². The number of urea groups is 1. The molecule has 15 heavy (non-hydrogen) atoms. The SMILES string of the molecule is NC[C@@]1(c2ccncc2)NC(=O)NC1=O. The second-order valence-electron chi connectivity index (χ2n) is 3.25. The topological polar surface area (TPSA) is 97.1 Å². The Kier molecular flexibility index (Phi) is 2.12. The Hall–Kier alpha value is -1.95. The second kappa shape index (κ2) is 3.32. The first-order chi connectivity index (χ1) is 7.19. The van der Waals surface area contributed by atoms with Crippen LogP contribution in [0.5, 0.6) is 0 Å². The van der Waals surface area contributed by atoms with Gasteiger partial charge in [-0.2, -0.15) is 0 Å². The number of nitrogens with zero attached hydrogens (tertiary/aromatic N) is 1. The Bertz CT molecular complexity index is 406. The quantitative estimate of drug-likeness (QED) is 0.545. The first-order valence-electron chi connectivity index (χ1n) is 4.43. The van der Waals surface area contributed by atoms with Crippen molar-refractivity contribution in [2.45, 2.75) is 5.54 Å². The molecule has 6 heteroatoms. The summed E-state index contributed by atoms with van der Waals surface area (Å²) in [5, 5.41) is 4.70. The van der Waals surface area contributed by atoms with Crippen molar-refractivity contribution in [1.29, 1.82) is 0 Å². The van der Waals surface area contributed by atoms with Gasteiger partial charge in [0.2, 0.25) is 0 Å². The molecule has 0 aliphatic carbocycles. The summed E-state index contributed by atoms with van der Waals surface area (Å²) in [7, 11) is 0. The zero-order chi connectivity index (χ0) is 10.9. The monoisotopic (exact) mass is 206 g/mol. The zero-order valence-electron chi connectivity index (χ0n) is 7.86. The molecule has 0 saturated carbocycles. The van der Waals surface area contributed by atoms with E-state index in [1.165, 1.54) is 0 Å². The van der Waals surface area contributed by atoms with Gasteiger partial charge in [0.05, 0.1) is 0 Å². The first-order valence-corrected chi connectivity index (χ1v) is 4.43. The molecule has 1 atom stereocenters. The number of amides is 3. The lowest BCUT2D eigenvalue weighted by Crippen LogP contribution is -2.49. The smallest absolute Gasteiger partial charge is 0.322 e. The van der Waals surface area contributed by atoms with E-state index in [9.17, 15) is 9.59 Å². The Morgan fingerprint density at radius 2 is 2.00 bits per heavy atom. The van der Waals surface area contributed by atoms with E-state index < -0.39 is 17.5 Å².